The highest BCUT2D eigenvalue weighted by Gasteiger charge is 2.56. The number of hydrogen-bond acceptors (Lipinski definition) is 11. The molecule has 206 valence electrons. The molecule has 1 aliphatic heterocycles. The molecule has 0 amide bonds. The van der Waals surface area contributed by atoms with Crippen molar-refractivity contribution < 1.29 is 33.9 Å². The van der Waals surface area contributed by atoms with E-state index >= 15 is 0 Å². The van der Waals surface area contributed by atoms with Crippen molar-refractivity contribution in [2.45, 2.75) is 46.1 Å². The Morgan fingerprint density at radius 2 is 1.90 bits per heavy atom. The number of pyridine rings is 1. The summed E-state index contributed by atoms with van der Waals surface area (Å²) >= 11 is 0. The number of phenolic OH excluding ortho intramolecular Hbond substituents is 2. The van der Waals surface area contributed by atoms with Gasteiger partial charge in [0.05, 0.1) is 11.1 Å². The number of carbonyl (C=O) groups is 3. The molecule has 3 aromatic rings. The molecular weight excluding hydrogens is 520 g/mol. The van der Waals surface area contributed by atoms with Gasteiger partial charge in [-0.25, -0.2) is 0 Å². The normalized spacial score (nSPS) is 19.1. The minimum Gasteiger partial charge on any atom is -0.507 e. The lowest BCUT2D eigenvalue weighted by molar-refractivity contribution is -0.123. The molecule has 3 heterocycles. The number of ether oxygens (including phenoxy) is 1. The van der Waals surface area contributed by atoms with Crippen LogP contribution in [0.3, 0.4) is 0 Å². The summed E-state index contributed by atoms with van der Waals surface area (Å²) in [6, 6.07) is 4.78. The summed E-state index contributed by atoms with van der Waals surface area (Å²) in [5, 5.41) is 28.4. The van der Waals surface area contributed by atoms with Gasteiger partial charge in [-0.3, -0.25) is 19.2 Å². The van der Waals surface area contributed by atoms with E-state index in [1.165, 1.54) is 31.4 Å². The van der Waals surface area contributed by atoms with E-state index in [0.29, 0.717) is 17.9 Å². The topological polar surface area (TPSA) is 174 Å². The van der Waals surface area contributed by atoms with E-state index in [9.17, 15) is 29.4 Å². The quantitative estimate of drug-likeness (QED) is 0.225. The number of hydrogen-bond donors (Lipinski definition) is 3. The fourth-order valence-corrected chi connectivity index (χ4v) is 5.01. The lowest BCUT2D eigenvalue weighted by Crippen LogP contribution is -2.41. The Bertz CT molecular complexity index is 1730. The molecular formula is C28H26N4O8. The van der Waals surface area contributed by atoms with E-state index in [1.54, 1.807) is 25.3 Å². The number of nitrogens with zero attached hydrogens (tertiary/aromatic N) is 3. The summed E-state index contributed by atoms with van der Waals surface area (Å²) < 4.78 is 12.4. The molecule has 2 aromatic heterocycles. The Hall–Kier alpha value is -5.00. The molecule has 0 unspecified atom stereocenters. The van der Waals surface area contributed by atoms with Gasteiger partial charge in [0.2, 0.25) is 5.89 Å². The first-order valence-electron chi connectivity index (χ1n) is 12.5. The zero-order valence-electron chi connectivity index (χ0n) is 22.2. The number of aromatic nitrogens is 3. The molecule has 0 saturated carbocycles. The van der Waals surface area contributed by atoms with Gasteiger partial charge in [0, 0.05) is 42.6 Å². The van der Waals surface area contributed by atoms with Crippen molar-refractivity contribution in [3.63, 3.8) is 0 Å². The molecule has 1 atom stereocenters. The van der Waals surface area contributed by atoms with Crippen LogP contribution in [-0.2, 0) is 28.0 Å². The fraction of sp³-hybridized carbons (Fsp3) is 0.286. The Kier molecular flexibility index (Phi) is 6.41. The number of aromatic hydroxyl groups is 2. The van der Waals surface area contributed by atoms with Crippen molar-refractivity contribution >= 4 is 17.3 Å². The molecule has 1 aliphatic carbocycles. The third-order valence-electron chi connectivity index (χ3n) is 7.21. The summed E-state index contributed by atoms with van der Waals surface area (Å²) in [6.07, 6.45) is 3.07. The predicted molar refractivity (Wildman–Crippen MR) is 139 cm³/mol. The van der Waals surface area contributed by atoms with E-state index in [2.05, 4.69) is 15.5 Å². The summed E-state index contributed by atoms with van der Waals surface area (Å²) in [6.45, 7) is 6.12. The van der Waals surface area contributed by atoms with Gasteiger partial charge in [-0.05, 0) is 33.8 Å². The van der Waals surface area contributed by atoms with Crippen LogP contribution in [0, 0.1) is 6.92 Å². The fourth-order valence-electron chi connectivity index (χ4n) is 5.01. The molecule has 0 saturated heterocycles. The van der Waals surface area contributed by atoms with Gasteiger partial charge in [-0.2, -0.15) is 4.98 Å². The van der Waals surface area contributed by atoms with Crippen molar-refractivity contribution in [3.8, 4) is 17.2 Å². The van der Waals surface area contributed by atoms with Gasteiger partial charge in [0.1, 0.15) is 40.5 Å². The van der Waals surface area contributed by atoms with Crippen molar-refractivity contribution in [2.24, 2.45) is 0 Å². The third kappa shape index (κ3) is 4.08. The summed E-state index contributed by atoms with van der Waals surface area (Å²) in [5.74, 6) is -2.12. The van der Waals surface area contributed by atoms with Crippen LogP contribution in [0.5, 0.6) is 17.2 Å². The molecule has 0 fully saturated rings. The van der Waals surface area contributed by atoms with Crippen molar-refractivity contribution in [1.29, 1.82) is 0 Å². The second-order valence-corrected chi connectivity index (χ2v) is 9.83. The molecule has 12 nitrogen and oxygen atoms in total. The van der Waals surface area contributed by atoms with Crippen LogP contribution < -0.4 is 15.6 Å². The maximum atomic E-state index is 13.8. The second kappa shape index (κ2) is 9.63. The van der Waals surface area contributed by atoms with Crippen molar-refractivity contribution in [1.82, 2.24) is 20.0 Å². The molecule has 1 aromatic carbocycles. The standard InChI is InChI=1S/C28H26N4O8/c1-13-24(36)22(15(3)33)26-23(25(13)37)28(4)17(39-26)11-16(34)21(27(28)38)14(2)29-9-8-18-30-19(40-31-18)12-32-10-6-5-7-20(32)35/h5-7,10-11,29,36-37H,8-9,12H2,1-4H3/b21-14+/t28-/m1/s1. The molecule has 2 aliphatic rings. The monoisotopic (exact) mass is 546 g/mol. The van der Waals surface area contributed by atoms with Crippen LogP contribution in [0.2, 0.25) is 0 Å². The largest absolute Gasteiger partial charge is 0.507 e. The lowest BCUT2D eigenvalue weighted by Gasteiger charge is -2.29. The molecule has 12 heteroatoms. The molecule has 40 heavy (non-hydrogen) atoms. The first kappa shape index (κ1) is 26.6. The molecule has 5 rings (SSSR count). The number of benzene rings is 1. The minimum absolute atomic E-state index is 0.0247. The van der Waals surface area contributed by atoms with Crippen LogP contribution in [0.25, 0.3) is 0 Å². The number of Topliss-reactive ketones (excluding diaryl/α,β-unsaturated/α-hetero) is 2. The van der Waals surface area contributed by atoms with Crippen LogP contribution in [0.4, 0.5) is 0 Å². The molecule has 0 spiro atoms. The SMILES string of the molecule is CC(=O)c1c(O)c(C)c(O)c2c1OC1=CC(=O)/C(=C(/C)NCCc3noc(Cn4ccccc4=O)n3)C(=O)[C@]12C. The number of fused-ring (bicyclic) bond motifs is 3. The van der Waals surface area contributed by atoms with E-state index in [-0.39, 0.29) is 64.1 Å². The molecule has 3 N–H and O–H groups in total. The highest BCUT2D eigenvalue weighted by molar-refractivity contribution is 6.31. The van der Waals surface area contributed by atoms with E-state index in [0.717, 1.165) is 6.08 Å². The van der Waals surface area contributed by atoms with Gasteiger partial charge >= 0.3 is 0 Å². The average Bonchev–Trinajstić information content (AvgIpc) is 3.46. The Morgan fingerprint density at radius 1 is 1.15 bits per heavy atom. The minimum atomic E-state index is -1.59. The zero-order chi connectivity index (χ0) is 28.9. The second-order valence-electron chi connectivity index (χ2n) is 9.83. The Balaban J connectivity index is 1.38. The Labute approximate surface area is 227 Å². The zero-order valence-corrected chi connectivity index (χ0v) is 22.2. The van der Waals surface area contributed by atoms with Crippen molar-refractivity contribution in [3.05, 3.63) is 86.3 Å². The van der Waals surface area contributed by atoms with Crippen LogP contribution in [-0.4, -0.2) is 48.8 Å². The van der Waals surface area contributed by atoms with Gasteiger partial charge in [0.15, 0.2) is 23.2 Å². The number of rotatable bonds is 7. The van der Waals surface area contributed by atoms with Crippen LogP contribution >= 0.6 is 0 Å². The molecule has 0 bridgehead atoms. The van der Waals surface area contributed by atoms with E-state index in [1.807, 2.05) is 0 Å². The maximum absolute atomic E-state index is 13.8. The van der Waals surface area contributed by atoms with Crippen molar-refractivity contribution in [2.75, 3.05) is 6.54 Å². The van der Waals surface area contributed by atoms with Gasteiger partial charge in [-0.15, -0.1) is 0 Å². The predicted octanol–water partition coefficient (Wildman–Crippen LogP) is 1.99. The summed E-state index contributed by atoms with van der Waals surface area (Å²) in [5.41, 5.74) is -1.75. The number of nitrogens with one attached hydrogen (secondary N) is 1. The highest BCUT2D eigenvalue weighted by atomic mass is 16.5. The summed E-state index contributed by atoms with van der Waals surface area (Å²) in [7, 11) is 0. The number of ketones is 3. The maximum Gasteiger partial charge on any atom is 0.250 e. The highest BCUT2D eigenvalue weighted by Crippen LogP contribution is 2.57. The van der Waals surface area contributed by atoms with E-state index < -0.39 is 28.5 Å². The van der Waals surface area contributed by atoms with E-state index in [4.69, 9.17) is 9.26 Å². The first-order valence-corrected chi connectivity index (χ1v) is 12.5. The number of allylic oxidation sites excluding steroid dienone is 4. The van der Waals surface area contributed by atoms with Crippen LogP contribution in [0.15, 0.2) is 56.8 Å². The average molecular weight is 547 g/mol. The molecule has 0 radical (unpaired) electrons. The summed E-state index contributed by atoms with van der Waals surface area (Å²) in [4.78, 5) is 55.4. The third-order valence-corrected chi connectivity index (χ3v) is 7.21. The Morgan fingerprint density at radius 3 is 2.60 bits per heavy atom. The van der Waals surface area contributed by atoms with Crippen LogP contribution in [0.1, 0.15) is 54.0 Å². The van der Waals surface area contributed by atoms with Gasteiger partial charge in [0.25, 0.3) is 5.56 Å². The van der Waals surface area contributed by atoms with Gasteiger partial charge < -0.3 is 29.4 Å². The number of phenols is 2. The first-order chi connectivity index (χ1) is 18.9. The smallest absolute Gasteiger partial charge is 0.250 e. The number of carbonyl (C=O) groups excluding carboxylic acids is 3. The lowest BCUT2D eigenvalue weighted by atomic mass is 9.70. The van der Waals surface area contributed by atoms with Gasteiger partial charge in [-0.1, -0.05) is 11.2 Å².